The summed E-state index contributed by atoms with van der Waals surface area (Å²) in [5.41, 5.74) is 0.587. The quantitative estimate of drug-likeness (QED) is 0.845. The van der Waals surface area contributed by atoms with Crippen molar-refractivity contribution in [2.75, 3.05) is 5.32 Å². The van der Waals surface area contributed by atoms with Crippen molar-refractivity contribution in [2.24, 2.45) is 0 Å². The van der Waals surface area contributed by atoms with E-state index in [1.807, 2.05) is 16.8 Å². The van der Waals surface area contributed by atoms with Gasteiger partial charge in [-0.15, -0.1) is 0 Å². The summed E-state index contributed by atoms with van der Waals surface area (Å²) < 4.78 is 14.9. The average Bonchev–Trinajstić information content (AvgIpc) is 3.06. The molecule has 4 nitrogen and oxygen atoms in total. The fourth-order valence-electron chi connectivity index (χ4n) is 1.92. The molecule has 2 aromatic rings. The van der Waals surface area contributed by atoms with Crippen LogP contribution >= 0.6 is 0 Å². The van der Waals surface area contributed by atoms with Gasteiger partial charge in [0.05, 0.1) is 0 Å². The molecule has 0 radical (unpaired) electrons. The molecule has 1 saturated carbocycles. The monoisotopic (exact) mass is 245 g/mol. The Morgan fingerprint density at radius 3 is 2.89 bits per heavy atom. The Bertz CT molecular complexity index is 589. The first kappa shape index (κ1) is 11.0. The predicted octanol–water partition coefficient (Wildman–Crippen LogP) is 2.61. The maximum atomic E-state index is 12.9. The summed E-state index contributed by atoms with van der Waals surface area (Å²) in [4.78, 5) is 15.7. The number of carbonyl (C=O) groups excluding carboxylic acids is 1. The van der Waals surface area contributed by atoms with Gasteiger partial charge in [0.15, 0.2) is 0 Å². The van der Waals surface area contributed by atoms with Gasteiger partial charge in [-0.25, -0.2) is 4.98 Å². The van der Waals surface area contributed by atoms with Crippen LogP contribution in [0.4, 0.5) is 10.2 Å². The third kappa shape index (κ3) is 2.11. The highest BCUT2D eigenvalue weighted by atomic mass is 19.1. The second kappa shape index (κ2) is 4.25. The lowest BCUT2D eigenvalue weighted by Gasteiger charge is -2.08. The van der Waals surface area contributed by atoms with Gasteiger partial charge in [-0.1, -0.05) is 6.07 Å². The van der Waals surface area contributed by atoms with E-state index < -0.39 is 5.95 Å². The summed E-state index contributed by atoms with van der Waals surface area (Å²) in [6.45, 7) is 0. The molecule has 0 bridgehead atoms. The first-order valence-corrected chi connectivity index (χ1v) is 5.85. The number of carbonyl (C=O) groups is 1. The third-order valence-corrected chi connectivity index (χ3v) is 2.91. The van der Waals surface area contributed by atoms with Gasteiger partial charge in [0.2, 0.25) is 5.95 Å². The number of hydrogen-bond acceptors (Lipinski definition) is 2. The predicted molar refractivity (Wildman–Crippen MR) is 64.9 cm³/mol. The average molecular weight is 245 g/mol. The summed E-state index contributed by atoms with van der Waals surface area (Å²) in [7, 11) is 0. The van der Waals surface area contributed by atoms with E-state index in [-0.39, 0.29) is 11.7 Å². The van der Waals surface area contributed by atoms with Crippen LogP contribution in [0.5, 0.6) is 0 Å². The van der Waals surface area contributed by atoms with Crippen LogP contribution < -0.4 is 5.32 Å². The molecule has 0 unspecified atom stereocenters. The number of rotatable bonds is 3. The fraction of sp³-hybridized carbons (Fsp3) is 0.231. The van der Waals surface area contributed by atoms with Crippen LogP contribution in [0.2, 0.25) is 0 Å². The zero-order valence-electron chi connectivity index (χ0n) is 9.64. The van der Waals surface area contributed by atoms with Gasteiger partial charge >= 0.3 is 0 Å². The first-order valence-electron chi connectivity index (χ1n) is 5.85. The molecule has 5 heteroatoms. The molecule has 2 heterocycles. The van der Waals surface area contributed by atoms with Crippen molar-refractivity contribution in [3.05, 3.63) is 48.2 Å². The maximum Gasteiger partial charge on any atom is 0.273 e. The molecule has 0 aromatic carbocycles. The lowest BCUT2D eigenvalue weighted by atomic mass is 10.3. The highest BCUT2D eigenvalue weighted by molar-refractivity contribution is 6.02. The minimum absolute atomic E-state index is 0.226. The Labute approximate surface area is 103 Å². The molecule has 0 aliphatic heterocycles. The second-order valence-corrected chi connectivity index (χ2v) is 4.33. The van der Waals surface area contributed by atoms with Gasteiger partial charge in [0.25, 0.3) is 5.91 Å². The molecule has 1 fully saturated rings. The summed E-state index contributed by atoms with van der Waals surface area (Å²) >= 11 is 0. The van der Waals surface area contributed by atoms with Gasteiger partial charge < -0.3 is 9.88 Å². The number of nitrogens with zero attached hydrogens (tertiary/aromatic N) is 2. The van der Waals surface area contributed by atoms with Gasteiger partial charge in [-0.2, -0.15) is 4.39 Å². The molecular formula is C13H12FN3O. The summed E-state index contributed by atoms with van der Waals surface area (Å²) in [5, 5.41) is 2.60. The van der Waals surface area contributed by atoms with Gasteiger partial charge in [-0.3, -0.25) is 4.79 Å². The second-order valence-electron chi connectivity index (χ2n) is 4.33. The number of hydrogen-bond donors (Lipinski definition) is 1. The Kier molecular flexibility index (Phi) is 2.59. The van der Waals surface area contributed by atoms with Crippen LogP contribution in [0.25, 0.3) is 0 Å². The van der Waals surface area contributed by atoms with Crippen LogP contribution in [0.3, 0.4) is 0 Å². The number of nitrogens with one attached hydrogen (secondary N) is 1. The Morgan fingerprint density at radius 1 is 1.33 bits per heavy atom. The molecule has 2 aromatic heterocycles. The summed E-state index contributed by atoms with van der Waals surface area (Å²) in [6, 6.07) is 8.34. The minimum Gasteiger partial charge on any atom is -0.340 e. The van der Waals surface area contributed by atoms with Crippen LogP contribution in [-0.2, 0) is 0 Å². The first-order chi connectivity index (χ1) is 8.74. The highest BCUT2D eigenvalue weighted by Gasteiger charge is 2.26. The van der Waals surface area contributed by atoms with Gasteiger partial charge in [0, 0.05) is 12.2 Å². The van der Waals surface area contributed by atoms with Gasteiger partial charge in [-0.05, 0) is 37.1 Å². The van der Waals surface area contributed by atoms with Crippen LogP contribution in [0.15, 0.2) is 36.5 Å². The van der Waals surface area contributed by atoms with Crippen molar-refractivity contribution in [3.63, 3.8) is 0 Å². The normalized spacial score (nSPS) is 14.5. The van der Waals surface area contributed by atoms with Crippen LogP contribution in [0, 0.1) is 5.95 Å². The van der Waals surface area contributed by atoms with E-state index in [9.17, 15) is 9.18 Å². The van der Waals surface area contributed by atoms with E-state index in [2.05, 4.69) is 10.3 Å². The van der Waals surface area contributed by atoms with E-state index in [0.717, 1.165) is 12.8 Å². The molecule has 1 N–H and O–H groups in total. The molecule has 0 atom stereocenters. The molecule has 1 aliphatic rings. The van der Waals surface area contributed by atoms with Crippen molar-refractivity contribution in [1.82, 2.24) is 9.55 Å². The third-order valence-electron chi connectivity index (χ3n) is 2.91. The minimum atomic E-state index is -0.606. The van der Waals surface area contributed by atoms with Crippen molar-refractivity contribution >= 4 is 11.7 Å². The van der Waals surface area contributed by atoms with E-state index in [4.69, 9.17) is 0 Å². The zero-order chi connectivity index (χ0) is 12.5. The van der Waals surface area contributed by atoms with Gasteiger partial charge in [0.1, 0.15) is 11.5 Å². The number of amides is 1. The van der Waals surface area contributed by atoms with Crippen molar-refractivity contribution in [1.29, 1.82) is 0 Å². The summed E-state index contributed by atoms with van der Waals surface area (Å²) in [5.74, 6) is -0.640. The van der Waals surface area contributed by atoms with Crippen LogP contribution in [0.1, 0.15) is 29.4 Å². The Hall–Kier alpha value is -2.17. The maximum absolute atomic E-state index is 12.9. The smallest absolute Gasteiger partial charge is 0.273 e. The molecule has 1 amide bonds. The molecule has 1 aliphatic carbocycles. The summed E-state index contributed by atoms with van der Waals surface area (Å²) in [6.07, 6.45) is 4.10. The van der Waals surface area contributed by atoms with Crippen molar-refractivity contribution in [3.8, 4) is 0 Å². The van der Waals surface area contributed by atoms with E-state index in [1.165, 1.54) is 12.1 Å². The Morgan fingerprint density at radius 2 is 2.17 bits per heavy atom. The molecule has 3 rings (SSSR count). The fourth-order valence-corrected chi connectivity index (χ4v) is 1.92. The molecule has 18 heavy (non-hydrogen) atoms. The SMILES string of the molecule is O=C(Nc1cccc(F)n1)c1cccn1C1CC1. The number of halogens is 1. The van der Waals surface area contributed by atoms with E-state index in [0.29, 0.717) is 11.7 Å². The molecular weight excluding hydrogens is 233 g/mol. The zero-order valence-corrected chi connectivity index (χ0v) is 9.64. The topological polar surface area (TPSA) is 46.9 Å². The molecule has 0 saturated heterocycles. The highest BCUT2D eigenvalue weighted by Crippen LogP contribution is 2.36. The lowest BCUT2D eigenvalue weighted by molar-refractivity contribution is 0.101. The lowest BCUT2D eigenvalue weighted by Crippen LogP contribution is -2.17. The van der Waals surface area contributed by atoms with Crippen molar-refractivity contribution in [2.45, 2.75) is 18.9 Å². The number of aromatic nitrogens is 2. The molecule has 92 valence electrons. The largest absolute Gasteiger partial charge is 0.340 e. The van der Waals surface area contributed by atoms with Crippen LogP contribution in [-0.4, -0.2) is 15.5 Å². The molecule has 0 spiro atoms. The number of pyridine rings is 1. The Balaban J connectivity index is 1.80. The van der Waals surface area contributed by atoms with E-state index in [1.54, 1.807) is 12.1 Å². The van der Waals surface area contributed by atoms with E-state index >= 15 is 0 Å². The van der Waals surface area contributed by atoms with Crippen molar-refractivity contribution < 1.29 is 9.18 Å². The number of anilines is 1. The standard InChI is InChI=1S/C13H12FN3O/c14-11-4-1-5-12(15-11)16-13(18)10-3-2-8-17(10)9-6-7-9/h1-5,8-9H,6-7H2,(H,15,16,18).